The zero-order chi connectivity index (χ0) is 21.0. The number of carbonyl (C=O) groups is 1. The summed E-state index contributed by atoms with van der Waals surface area (Å²) in [6, 6.07) is 17.7. The molecule has 0 N–H and O–H groups in total. The molecule has 7 heteroatoms. The summed E-state index contributed by atoms with van der Waals surface area (Å²) >= 11 is 0. The third-order valence-corrected chi connectivity index (χ3v) is 7.32. The Hall–Kier alpha value is -2.48. The van der Waals surface area contributed by atoms with Crippen molar-refractivity contribution in [3.8, 4) is 0 Å². The molecule has 2 aromatic rings. The van der Waals surface area contributed by atoms with E-state index in [0.717, 1.165) is 25.1 Å². The number of benzene rings is 2. The van der Waals surface area contributed by atoms with E-state index in [1.807, 2.05) is 36.4 Å². The normalized spacial score (nSPS) is 18.5. The van der Waals surface area contributed by atoms with Crippen LogP contribution in [0.1, 0.15) is 16.7 Å². The summed E-state index contributed by atoms with van der Waals surface area (Å²) in [5, 5.41) is 1.25. The molecule has 30 heavy (non-hydrogen) atoms. The van der Waals surface area contributed by atoms with E-state index < -0.39 is 10.0 Å². The van der Waals surface area contributed by atoms with Crippen molar-refractivity contribution >= 4 is 22.0 Å². The molecule has 0 spiro atoms. The quantitative estimate of drug-likeness (QED) is 0.737. The molecule has 2 heterocycles. The maximum Gasteiger partial charge on any atom is 0.236 e. The van der Waals surface area contributed by atoms with Crippen LogP contribution < -0.4 is 0 Å². The molecule has 158 valence electrons. The lowest BCUT2D eigenvalue weighted by Gasteiger charge is -2.35. The summed E-state index contributed by atoms with van der Waals surface area (Å²) in [7, 11) is -3.49. The standard InChI is InChI=1S/C23H27N3O3S/c27-23(19-24-12-10-21-8-4-5-9-22(21)18-24)25-13-15-26(16-14-25)30(28,29)17-11-20-6-2-1-3-7-20/h1-9,11,17H,10,12-16,18-19H2/b17-11+. The van der Waals surface area contributed by atoms with Crippen molar-refractivity contribution in [1.82, 2.24) is 14.1 Å². The molecule has 0 radical (unpaired) electrons. The third kappa shape index (κ3) is 4.98. The molecule has 2 aliphatic rings. The van der Waals surface area contributed by atoms with E-state index in [9.17, 15) is 13.2 Å². The molecule has 0 atom stereocenters. The Morgan fingerprint density at radius 3 is 2.27 bits per heavy atom. The van der Waals surface area contributed by atoms with Crippen molar-refractivity contribution in [2.24, 2.45) is 0 Å². The lowest BCUT2D eigenvalue weighted by atomic mass is 10.00. The van der Waals surface area contributed by atoms with Crippen molar-refractivity contribution in [2.45, 2.75) is 13.0 Å². The molecule has 1 saturated heterocycles. The molecule has 4 rings (SSSR count). The van der Waals surface area contributed by atoms with Gasteiger partial charge in [0.05, 0.1) is 6.54 Å². The maximum atomic E-state index is 12.7. The Morgan fingerprint density at radius 1 is 0.867 bits per heavy atom. The molecule has 0 aromatic heterocycles. The van der Waals surface area contributed by atoms with Crippen LogP contribution in [-0.2, 0) is 27.8 Å². The summed E-state index contributed by atoms with van der Waals surface area (Å²) in [4.78, 5) is 16.7. The lowest BCUT2D eigenvalue weighted by Crippen LogP contribution is -2.52. The van der Waals surface area contributed by atoms with Gasteiger partial charge >= 0.3 is 0 Å². The second-order valence-corrected chi connectivity index (χ2v) is 9.59. The Bertz CT molecular complexity index is 1010. The zero-order valence-corrected chi connectivity index (χ0v) is 17.8. The van der Waals surface area contributed by atoms with Gasteiger partial charge in [0.15, 0.2) is 0 Å². The fourth-order valence-electron chi connectivity index (χ4n) is 3.99. The van der Waals surface area contributed by atoms with Crippen molar-refractivity contribution in [1.29, 1.82) is 0 Å². The first-order valence-electron chi connectivity index (χ1n) is 10.3. The monoisotopic (exact) mass is 425 g/mol. The largest absolute Gasteiger partial charge is 0.339 e. The highest BCUT2D eigenvalue weighted by Crippen LogP contribution is 2.19. The first-order valence-corrected chi connectivity index (χ1v) is 11.8. The van der Waals surface area contributed by atoms with Gasteiger partial charge in [-0.25, -0.2) is 8.42 Å². The molecule has 0 aliphatic carbocycles. The SMILES string of the molecule is O=C(CN1CCc2ccccc2C1)N1CCN(S(=O)(=O)/C=C/c2ccccc2)CC1. The topological polar surface area (TPSA) is 60.9 Å². The van der Waals surface area contributed by atoms with Crippen molar-refractivity contribution in [3.63, 3.8) is 0 Å². The van der Waals surface area contributed by atoms with Crippen LogP contribution in [0.5, 0.6) is 0 Å². The van der Waals surface area contributed by atoms with Crippen LogP contribution in [-0.4, -0.2) is 67.7 Å². The highest BCUT2D eigenvalue weighted by molar-refractivity contribution is 7.92. The summed E-state index contributed by atoms with van der Waals surface area (Å²) in [5.41, 5.74) is 3.50. The number of sulfonamides is 1. The van der Waals surface area contributed by atoms with Gasteiger partial charge < -0.3 is 4.90 Å². The summed E-state index contributed by atoms with van der Waals surface area (Å²) in [6.07, 6.45) is 2.57. The molecule has 1 fully saturated rings. The van der Waals surface area contributed by atoms with Crippen LogP contribution in [0.2, 0.25) is 0 Å². The molecule has 6 nitrogen and oxygen atoms in total. The van der Waals surface area contributed by atoms with Gasteiger partial charge in [0, 0.05) is 44.7 Å². The Balaban J connectivity index is 1.29. The van der Waals surface area contributed by atoms with Crippen LogP contribution in [0, 0.1) is 0 Å². The fraction of sp³-hybridized carbons (Fsp3) is 0.348. The number of piperazine rings is 1. The van der Waals surface area contributed by atoms with E-state index in [-0.39, 0.29) is 5.91 Å². The van der Waals surface area contributed by atoms with Crippen LogP contribution in [0.15, 0.2) is 60.0 Å². The molecule has 0 saturated carbocycles. The fourth-order valence-corrected chi connectivity index (χ4v) is 5.16. The van der Waals surface area contributed by atoms with Crippen LogP contribution in [0.4, 0.5) is 0 Å². The summed E-state index contributed by atoms with van der Waals surface area (Å²) < 4.78 is 26.6. The number of fused-ring (bicyclic) bond motifs is 1. The third-order valence-electron chi connectivity index (χ3n) is 5.75. The second kappa shape index (κ2) is 9.12. The number of rotatable bonds is 5. The number of hydrogen-bond acceptors (Lipinski definition) is 4. The minimum absolute atomic E-state index is 0.0752. The van der Waals surface area contributed by atoms with Crippen molar-refractivity contribution in [3.05, 3.63) is 76.7 Å². The number of hydrogen-bond donors (Lipinski definition) is 0. The smallest absolute Gasteiger partial charge is 0.236 e. The minimum Gasteiger partial charge on any atom is -0.339 e. The molecule has 1 amide bonds. The van der Waals surface area contributed by atoms with E-state index >= 15 is 0 Å². The lowest BCUT2D eigenvalue weighted by molar-refractivity contribution is -0.133. The first kappa shape index (κ1) is 20.8. The van der Waals surface area contributed by atoms with Gasteiger partial charge in [-0.15, -0.1) is 0 Å². The minimum atomic E-state index is -3.49. The first-order chi connectivity index (χ1) is 14.5. The van der Waals surface area contributed by atoms with Gasteiger partial charge in [-0.2, -0.15) is 4.31 Å². The van der Waals surface area contributed by atoms with E-state index in [0.29, 0.717) is 32.7 Å². The Labute approximate surface area is 178 Å². The summed E-state index contributed by atoms with van der Waals surface area (Å²) in [5.74, 6) is 0.0752. The molecule has 0 bridgehead atoms. The van der Waals surface area contributed by atoms with E-state index in [1.54, 1.807) is 11.0 Å². The highest BCUT2D eigenvalue weighted by atomic mass is 32.2. The Kier molecular flexibility index (Phi) is 6.32. The van der Waals surface area contributed by atoms with Gasteiger partial charge in [-0.1, -0.05) is 54.6 Å². The average molecular weight is 426 g/mol. The van der Waals surface area contributed by atoms with E-state index in [4.69, 9.17) is 0 Å². The molecule has 2 aromatic carbocycles. The molecular weight excluding hydrogens is 398 g/mol. The number of amides is 1. The zero-order valence-electron chi connectivity index (χ0n) is 17.0. The van der Waals surface area contributed by atoms with Crippen LogP contribution >= 0.6 is 0 Å². The van der Waals surface area contributed by atoms with E-state index in [2.05, 4.69) is 23.1 Å². The second-order valence-electron chi connectivity index (χ2n) is 7.77. The number of nitrogens with zero attached hydrogens (tertiary/aromatic N) is 3. The highest BCUT2D eigenvalue weighted by Gasteiger charge is 2.28. The van der Waals surface area contributed by atoms with Gasteiger partial charge in [-0.3, -0.25) is 9.69 Å². The predicted octanol–water partition coefficient (Wildman–Crippen LogP) is 2.19. The van der Waals surface area contributed by atoms with Gasteiger partial charge in [0.25, 0.3) is 0 Å². The van der Waals surface area contributed by atoms with Gasteiger partial charge in [-0.05, 0) is 29.2 Å². The van der Waals surface area contributed by atoms with Crippen molar-refractivity contribution in [2.75, 3.05) is 39.3 Å². The number of carbonyl (C=O) groups excluding carboxylic acids is 1. The molecule has 2 aliphatic heterocycles. The average Bonchev–Trinajstić information content (AvgIpc) is 2.78. The van der Waals surface area contributed by atoms with Crippen LogP contribution in [0.25, 0.3) is 6.08 Å². The van der Waals surface area contributed by atoms with Gasteiger partial charge in [0.2, 0.25) is 15.9 Å². The van der Waals surface area contributed by atoms with Crippen molar-refractivity contribution < 1.29 is 13.2 Å². The molecular formula is C23H27N3O3S. The maximum absolute atomic E-state index is 12.7. The molecule has 0 unspecified atom stereocenters. The Morgan fingerprint density at radius 2 is 1.53 bits per heavy atom. The van der Waals surface area contributed by atoms with Crippen LogP contribution in [0.3, 0.4) is 0 Å². The van der Waals surface area contributed by atoms with E-state index in [1.165, 1.54) is 20.8 Å². The van der Waals surface area contributed by atoms with Gasteiger partial charge in [0.1, 0.15) is 0 Å². The summed E-state index contributed by atoms with van der Waals surface area (Å²) in [6.45, 7) is 3.58. The predicted molar refractivity (Wildman–Crippen MR) is 118 cm³/mol.